The van der Waals surface area contributed by atoms with Crippen LogP contribution in [-0.4, -0.2) is 56.8 Å². The Bertz CT molecular complexity index is 612. The van der Waals surface area contributed by atoms with Crippen molar-refractivity contribution in [2.45, 2.75) is 96.3 Å². The molecule has 0 atom stereocenters. The second-order valence-corrected chi connectivity index (χ2v) is 9.37. The smallest absolute Gasteiger partial charge is 0.251 e. The van der Waals surface area contributed by atoms with E-state index >= 15 is 0 Å². The number of carbonyl (C=O) groups is 1. The molecule has 0 aliphatic heterocycles. The van der Waals surface area contributed by atoms with E-state index in [0.29, 0.717) is 12.7 Å². The van der Waals surface area contributed by atoms with Gasteiger partial charge in [-0.1, -0.05) is 44.7 Å². The second kappa shape index (κ2) is 16.2. The van der Waals surface area contributed by atoms with Crippen LogP contribution in [-0.2, 0) is 16.1 Å². The zero-order valence-electron chi connectivity index (χ0n) is 20.7. The molecule has 32 heavy (non-hydrogen) atoms. The molecule has 5 nitrogen and oxygen atoms in total. The van der Waals surface area contributed by atoms with Crippen molar-refractivity contribution in [2.24, 2.45) is 0 Å². The van der Waals surface area contributed by atoms with E-state index in [-0.39, 0.29) is 11.9 Å². The average Bonchev–Trinajstić information content (AvgIpc) is 2.80. The molecule has 0 saturated heterocycles. The summed E-state index contributed by atoms with van der Waals surface area (Å²) in [6, 6.07) is 7.92. The van der Waals surface area contributed by atoms with Crippen LogP contribution in [0.1, 0.15) is 93.5 Å². The molecule has 1 aliphatic carbocycles. The lowest BCUT2D eigenvalue weighted by Gasteiger charge is -2.29. The van der Waals surface area contributed by atoms with Crippen molar-refractivity contribution in [2.75, 3.05) is 33.9 Å². The Hall–Kier alpha value is -1.43. The fraction of sp³-hybridized carbons (Fsp3) is 0.741. The van der Waals surface area contributed by atoms with Crippen LogP contribution in [0.3, 0.4) is 0 Å². The highest BCUT2D eigenvalue weighted by Gasteiger charge is 2.23. The molecule has 0 bridgehead atoms. The van der Waals surface area contributed by atoms with Gasteiger partial charge in [0.2, 0.25) is 0 Å². The van der Waals surface area contributed by atoms with E-state index in [2.05, 4.69) is 24.2 Å². The minimum Gasteiger partial charge on any atom is -0.380 e. The Labute approximate surface area is 196 Å². The maximum Gasteiger partial charge on any atom is 0.251 e. The van der Waals surface area contributed by atoms with Crippen molar-refractivity contribution in [3.63, 3.8) is 0 Å². The van der Waals surface area contributed by atoms with E-state index in [1.54, 1.807) is 7.11 Å². The first-order valence-electron chi connectivity index (χ1n) is 12.8. The quantitative estimate of drug-likeness (QED) is 0.337. The highest BCUT2D eigenvalue weighted by atomic mass is 16.5. The van der Waals surface area contributed by atoms with Gasteiger partial charge in [0, 0.05) is 25.3 Å². The molecule has 0 aromatic heterocycles. The van der Waals surface area contributed by atoms with Gasteiger partial charge in [0.25, 0.3) is 5.91 Å². The first-order valence-corrected chi connectivity index (χ1v) is 12.8. The summed E-state index contributed by atoms with van der Waals surface area (Å²) in [7, 11) is 3.92. The molecule has 5 heteroatoms. The number of benzene rings is 1. The highest BCUT2D eigenvalue weighted by Crippen LogP contribution is 2.22. The maximum absolute atomic E-state index is 12.5. The number of methoxy groups -OCH3 is 1. The van der Waals surface area contributed by atoms with Crippen molar-refractivity contribution in [1.82, 2.24) is 10.2 Å². The number of rotatable bonds is 16. The molecule has 1 saturated carbocycles. The van der Waals surface area contributed by atoms with Crippen molar-refractivity contribution in [3.05, 3.63) is 35.4 Å². The Morgan fingerprint density at radius 1 is 0.969 bits per heavy atom. The standard InChI is InChI=1S/C27H46N2O3/c1-4-5-8-19-29(2)20-9-6-7-10-21-32-26-17-15-25(16-18-26)28-27(30)24-13-11-23(12-14-24)22-31-3/h11-14,25-26H,4-10,15-22H2,1-3H3,(H,28,30). The van der Waals surface area contributed by atoms with Crippen LogP contribution < -0.4 is 5.32 Å². The van der Waals surface area contributed by atoms with Crippen LogP contribution in [0, 0.1) is 0 Å². The number of hydrogen-bond donors (Lipinski definition) is 1. The number of unbranched alkanes of at least 4 members (excludes halogenated alkanes) is 5. The van der Waals surface area contributed by atoms with Crippen LogP contribution >= 0.6 is 0 Å². The van der Waals surface area contributed by atoms with E-state index in [4.69, 9.17) is 9.47 Å². The predicted octanol–water partition coefficient (Wildman–Crippen LogP) is 5.57. The van der Waals surface area contributed by atoms with E-state index in [9.17, 15) is 4.79 Å². The zero-order valence-corrected chi connectivity index (χ0v) is 20.7. The fourth-order valence-electron chi connectivity index (χ4n) is 4.39. The third-order valence-corrected chi connectivity index (χ3v) is 6.47. The van der Waals surface area contributed by atoms with Gasteiger partial charge in [-0.2, -0.15) is 0 Å². The third kappa shape index (κ3) is 10.9. The normalized spacial score (nSPS) is 18.8. The summed E-state index contributed by atoms with van der Waals surface area (Å²) in [5.41, 5.74) is 1.80. The Balaban J connectivity index is 1.49. The van der Waals surface area contributed by atoms with Gasteiger partial charge in [0.15, 0.2) is 0 Å². The summed E-state index contributed by atoms with van der Waals surface area (Å²) in [4.78, 5) is 15.0. The molecule has 0 spiro atoms. The van der Waals surface area contributed by atoms with E-state index in [0.717, 1.165) is 49.8 Å². The van der Waals surface area contributed by atoms with Crippen LogP contribution in [0.25, 0.3) is 0 Å². The Kier molecular flexibility index (Phi) is 13.6. The molecule has 0 heterocycles. The summed E-state index contributed by atoms with van der Waals surface area (Å²) in [5, 5.41) is 3.19. The van der Waals surface area contributed by atoms with Crippen LogP contribution in [0.2, 0.25) is 0 Å². The van der Waals surface area contributed by atoms with Gasteiger partial charge in [0.05, 0.1) is 12.7 Å². The molecular formula is C27H46N2O3. The summed E-state index contributed by atoms with van der Waals surface area (Å²) < 4.78 is 11.2. The fourth-order valence-corrected chi connectivity index (χ4v) is 4.39. The number of ether oxygens (including phenoxy) is 2. The number of nitrogens with zero attached hydrogens (tertiary/aromatic N) is 1. The minimum atomic E-state index is 0.0225. The largest absolute Gasteiger partial charge is 0.380 e. The molecular weight excluding hydrogens is 400 g/mol. The summed E-state index contributed by atoms with van der Waals surface area (Å²) >= 11 is 0. The van der Waals surface area contributed by atoms with Crippen LogP contribution in [0.4, 0.5) is 0 Å². The van der Waals surface area contributed by atoms with Crippen molar-refractivity contribution >= 4 is 5.91 Å². The number of hydrogen-bond acceptors (Lipinski definition) is 4. The molecule has 0 radical (unpaired) electrons. The molecule has 1 aromatic carbocycles. The number of nitrogens with one attached hydrogen (secondary N) is 1. The molecule has 1 aromatic rings. The lowest BCUT2D eigenvalue weighted by atomic mass is 9.92. The van der Waals surface area contributed by atoms with Crippen molar-refractivity contribution in [3.8, 4) is 0 Å². The first-order chi connectivity index (χ1) is 15.6. The summed E-state index contributed by atoms with van der Waals surface area (Å²) in [6.07, 6.45) is 13.4. The minimum absolute atomic E-state index is 0.0225. The summed E-state index contributed by atoms with van der Waals surface area (Å²) in [6.45, 7) is 6.17. The maximum atomic E-state index is 12.5. The van der Waals surface area contributed by atoms with Crippen LogP contribution in [0.15, 0.2) is 24.3 Å². The predicted molar refractivity (Wildman–Crippen MR) is 132 cm³/mol. The van der Waals surface area contributed by atoms with Crippen molar-refractivity contribution < 1.29 is 14.3 Å². The molecule has 1 amide bonds. The molecule has 1 fully saturated rings. The number of amides is 1. The third-order valence-electron chi connectivity index (χ3n) is 6.47. The molecule has 2 rings (SSSR count). The topological polar surface area (TPSA) is 50.8 Å². The molecule has 1 aliphatic rings. The molecule has 0 unspecified atom stereocenters. The first kappa shape index (κ1) is 26.8. The van der Waals surface area contributed by atoms with Gasteiger partial charge in [-0.3, -0.25) is 4.79 Å². The SMILES string of the molecule is CCCCCN(C)CCCCCCOC1CCC(NC(=O)c2ccc(COC)cc2)CC1. The Morgan fingerprint density at radius 3 is 2.28 bits per heavy atom. The van der Waals surface area contributed by atoms with Gasteiger partial charge >= 0.3 is 0 Å². The van der Waals surface area contributed by atoms with Crippen LogP contribution in [0.5, 0.6) is 0 Å². The Morgan fingerprint density at radius 2 is 1.62 bits per heavy atom. The van der Waals surface area contributed by atoms with Gasteiger partial charge in [-0.15, -0.1) is 0 Å². The molecule has 1 N–H and O–H groups in total. The lowest BCUT2D eigenvalue weighted by molar-refractivity contribution is 0.0203. The second-order valence-electron chi connectivity index (χ2n) is 9.37. The highest BCUT2D eigenvalue weighted by molar-refractivity contribution is 5.94. The van der Waals surface area contributed by atoms with E-state index in [1.165, 1.54) is 51.6 Å². The average molecular weight is 447 g/mol. The molecule has 182 valence electrons. The lowest BCUT2D eigenvalue weighted by Crippen LogP contribution is -2.39. The summed E-state index contributed by atoms with van der Waals surface area (Å²) in [5.74, 6) is 0.0225. The van der Waals surface area contributed by atoms with Gasteiger partial charge in [-0.25, -0.2) is 0 Å². The van der Waals surface area contributed by atoms with Crippen molar-refractivity contribution in [1.29, 1.82) is 0 Å². The number of carbonyl (C=O) groups excluding carboxylic acids is 1. The van der Waals surface area contributed by atoms with E-state index in [1.807, 2.05) is 24.3 Å². The van der Waals surface area contributed by atoms with Gasteiger partial charge in [0.1, 0.15) is 0 Å². The monoisotopic (exact) mass is 446 g/mol. The van der Waals surface area contributed by atoms with E-state index < -0.39 is 0 Å². The van der Waals surface area contributed by atoms with Gasteiger partial charge in [-0.05, 0) is 82.8 Å². The zero-order chi connectivity index (χ0) is 23.0. The van der Waals surface area contributed by atoms with Gasteiger partial charge < -0.3 is 19.7 Å².